The first-order valence-corrected chi connectivity index (χ1v) is 10.9. The van der Waals surface area contributed by atoms with Gasteiger partial charge in [-0.05, 0) is 48.2 Å². The van der Waals surface area contributed by atoms with Crippen LogP contribution in [0.4, 0.5) is 5.69 Å². The zero-order chi connectivity index (χ0) is 21.7. The van der Waals surface area contributed by atoms with Crippen LogP contribution in [0.25, 0.3) is 0 Å². The summed E-state index contributed by atoms with van der Waals surface area (Å²) in [6, 6.07) is 14.5. The minimum atomic E-state index is -0.471. The second-order valence-corrected chi connectivity index (χ2v) is 9.35. The third kappa shape index (κ3) is 5.89. The van der Waals surface area contributed by atoms with Crippen LogP contribution in [0.15, 0.2) is 42.5 Å². The number of aliphatic hydroxyl groups is 1. The summed E-state index contributed by atoms with van der Waals surface area (Å²) in [5, 5.41) is 10.6. The summed E-state index contributed by atoms with van der Waals surface area (Å²) < 4.78 is 11.3. The third-order valence-electron chi connectivity index (χ3n) is 5.81. The number of ether oxygens (including phenoxy) is 2. The number of hydrogen-bond acceptors (Lipinski definition) is 4. The van der Waals surface area contributed by atoms with Crippen molar-refractivity contribution in [3.63, 3.8) is 0 Å². The second kappa shape index (κ2) is 9.71. The van der Waals surface area contributed by atoms with E-state index in [2.05, 4.69) is 56.9 Å². The lowest BCUT2D eigenvalue weighted by molar-refractivity contribution is -0.903. The molecule has 0 saturated carbocycles. The summed E-state index contributed by atoms with van der Waals surface area (Å²) in [5.74, 6) is 1.76. The standard InChI is InChI=1S/C25H36N2O3/c1-19-6-11-24(23(16-19)25(2,3)4)30-18-21(28)17-26-12-14-27(15-13-26)20-7-9-22(29-5)10-8-20/h6-11,16,21,28H,12-15,17-18H2,1-5H3/p+1/t21-/m1/s1. The molecule has 1 fully saturated rings. The molecule has 2 N–H and O–H groups in total. The number of hydrogen-bond donors (Lipinski definition) is 2. The highest BCUT2D eigenvalue weighted by Crippen LogP contribution is 2.32. The average molecular weight is 414 g/mol. The normalized spacial score (nSPS) is 16.4. The number of rotatable bonds is 7. The van der Waals surface area contributed by atoms with E-state index in [4.69, 9.17) is 9.47 Å². The van der Waals surface area contributed by atoms with E-state index >= 15 is 0 Å². The van der Waals surface area contributed by atoms with Crippen LogP contribution >= 0.6 is 0 Å². The SMILES string of the molecule is COc1ccc(N2CC[NH+](C[C@@H](O)COc3ccc(C)cc3C(C)(C)C)CC2)cc1. The fourth-order valence-electron chi connectivity index (χ4n) is 4.01. The number of benzene rings is 2. The number of nitrogens with zero attached hydrogens (tertiary/aromatic N) is 1. The van der Waals surface area contributed by atoms with Crippen molar-refractivity contribution in [3.8, 4) is 11.5 Å². The Kier molecular flexibility index (Phi) is 7.27. The lowest BCUT2D eigenvalue weighted by Gasteiger charge is -2.34. The molecule has 5 nitrogen and oxygen atoms in total. The summed E-state index contributed by atoms with van der Waals surface area (Å²) >= 11 is 0. The maximum absolute atomic E-state index is 10.6. The molecule has 30 heavy (non-hydrogen) atoms. The molecular formula is C25H37N2O3+. The molecule has 0 aliphatic carbocycles. The number of quaternary nitrogens is 1. The molecule has 1 saturated heterocycles. The van der Waals surface area contributed by atoms with Crippen LogP contribution in [-0.2, 0) is 5.41 Å². The fourth-order valence-corrected chi connectivity index (χ4v) is 4.01. The van der Waals surface area contributed by atoms with Crippen molar-refractivity contribution in [2.75, 3.05) is 51.3 Å². The van der Waals surface area contributed by atoms with Crippen LogP contribution in [0.2, 0.25) is 0 Å². The summed E-state index contributed by atoms with van der Waals surface area (Å²) in [6.07, 6.45) is -0.471. The summed E-state index contributed by atoms with van der Waals surface area (Å²) in [5.41, 5.74) is 3.66. The van der Waals surface area contributed by atoms with E-state index in [1.165, 1.54) is 21.7 Å². The molecule has 0 spiro atoms. The highest BCUT2D eigenvalue weighted by atomic mass is 16.5. The maximum Gasteiger partial charge on any atom is 0.137 e. The van der Waals surface area contributed by atoms with Crippen LogP contribution in [0.1, 0.15) is 31.9 Å². The Hall–Kier alpha value is -2.24. The van der Waals surface area contributed by atoms with Crippen molar-refractivity contribution < 1.29 is 19.5 Å². The molecule has 0 aromatic heterocycles. The molecule has 0 bridgehead atoms. The first kappa shape index (κ1) is 22.4. The first-order valence-electron chi connectivity index (χ1n) is 10.9. The Morgan fingerprint density at radius 1 is 1.07 bits per heavy atom. The Balaban J connectivity index is 1.48. The van der Waals surface area contributed by atoms with Crippen molar-refractivity contribution >= 4 is 5.69 Å². The van der Waals surface area contributed by atoms with Gasteiger partial charge in [0, 0.05) is 5.69 Å². The molecule has 0 radical (unpaired) electrons. The number of nitrogens with one attached hydrogen (secondary N) is 1. The monoisotopic (exact) mass is 413 g/mol. The molecular weight excluding hydrogens is 376 g/mol. The predicted molar refractivity (Wildman–Crippen MR) is 122 cm³/mol. The third-order valence-corrected chi connectivity index (χ3v) is 5.81. The highest BCUT2D eigenvalue weighted by molar-refractivity contribution is 5.49. The summed E-state index contributed by atoms with van der Waals surface area (Å²) in [4.78, 5) is 3.82. The van der Waals surface area contributed by atoms with Gasteiger partial charge in [0.05, 0.1) is 33.3 Å². The molecule has 0 unspecified atom stereocenters. The van der Waals surface area contributed by atoms with Gasteiger partial charge in [0.2, 0.25) is 0 Å². The molecule has 3 rings (SSSR count). The molecule has 1 aliphatic heterocycles. The smallest absolute Gasteiger partial charge is 0.137 e. The lowest BCUT2D eigenvalue weighted by atomic mass is 9.85. The molecule has 2 aromatic carbocycles. The number of aliphatic hydroxyl groups excluding tert-OH is 1. The molecule has 5 heteroatoms. The number of anilines is 1. The molecule has 1 heterocycles. The van der Waals surface area contributed by atoms with Gasteiger partial charge < -0.3 is 24.4 Å². The average Bonchev–Trinajstić information content (AvgIpc) is 2.73. The Morgan fingerprint density at radius 2 is 1.73 bits per heavy atom. The van der Waals surface area contributed by atoms with Gasteiger partial charge in [-0.2, -0.15) is 0 Å². The zero-order valence-corrected chi connectivity index (χ0v) is 19.1. The predicted octanol–water partition coefficient (Wildman–Crippen LogP) is 2.45. The van der Waals surface area contributed by atoms with E-state index in [-0.39, 0.29) is 5.41 Å². The van der Waals surface area contributed by atoms with Crippen LogP contribution < -0.4 is 19.3 Å². The lowest BCUT2D eigenvalue weighted by Crippen LogP contribution is -3.16. The second-order valence-electron chi connectivity index (χ2n) is 9.35. The number of aryl methyl sites for hydroxylation is 1. The van der Waals surface area contributed by atoms with Gasteiger partial charge in [-0.1, -0.05) is 38.5 Å². The molecule has 2 aromatic rings. The van der Waals surface area contributed by atoms with Crippen LogP contribution in [0.3, 0.4) is 0 Å². The maximum atomic E-state index is 10.6. The van der Waals surface area contributed by atoms with E-state index < -0.39 is 6.10 Å². The fraction of sp³-hybridized carbons (Fsp3) is 0.520. The minimum absolute atomic E-state index is 0.00927. The van der Waals surface area contributed by atoms with Gasteiger partial charge in [-0.15, -0.1) is 0 Å². The zero-order valence-electron chi connectivity index (χ0n) is 19.1. The summed E-state index contributed by atoms with van der Waals surface area (Å²) in [7, 11) is 1.69. The van der Waals surface area contributed by atoms with Gasteiger partial charge in [-0.3, -0.25) is 0 Å². The van der Waals surface area contributed by atoms with Crippen LogP contribution in [-0.4, -0.2) is 57.7 Å². The van der Waals surface area contributed by atoms with Crippen molar-refractivity contribution in [1.29, 1.82) is 0 Å². The van der Waals surface area contributed by atoms with E-state index in [1.807, 2.05) is 18.2 Å². The van der Waals surface area contributed by atoms with E-state index in [9.17, 15) is 5.11 Å². The van der Waals surface area contributed by atoms with Crippen molar-refractivity contribution in [2.24, 2.45) is 0 Å². The van der Waals surface area contributed by atoms with E-state index in [0.29, 0.717) is 13.2 Å². The Morgan fingerprint density at radius 3 is 2.33 bits per heavy atom. The van der Waals surface area contributed by atoms with Crippen molar-refractivity contribution in [2.45, 2.75) is 39.2 Å². The van der Waals surface area contributed by atoms with Gasteiger partial charge in [0.15, 0.2) is 0 Å². The molecule has 1 atom stereocenters. The topological polar surface area (TPSA) is 46.4 Å². The minimum Gasteiger partial charge on any atom is -0.497 e. The van der Waals surface area contributed by atoms with Gasteiger partial charge in [-0.25, -0.2) is 0 Å². The van der Waals surface area contributed by atoms with Gasteiger partial charge in [0.1, 0.15) is 30.8 Å². The molecule has 1 aliphatic rings. The number of piperazine rings is 1. The largest absolute Gasteiger partial charge is 0.497 e. The van der Waals surface area contributed by atoms with Crippen LogP contribution in [0, 0.1) is 6.92 Å². The Labute approximate surface area is 181 Å². The molecule has 164 valence electrons. The van der Waals surface area contributed by atoms with E-state index in [0.717, 1.165) is 37.7 Å². The Bertz CT molecular complexity index is 806. The highest BCUT2D eigenvalue weighted by Gasteiger charge is 2.24. The number of methoxy groups -OCH3 is 1. The van der Waals surface area contributed by atoms with Crippen molar-refractivity contribution in [3.05, 3.63) is 53.6 Å². The molecule has 0 amide bonds. The first-order chi connectivity index (χ1) is 14.3. The van der Waals surface area contributed by atoms with Gasteiger partial charge >= 0.3 is 0 Å². The quantitative estimate of drug-likeness (QED) is 0.732. The van der Waals surface area contributed by atoms with Crippen LogP contribution in [0.5, 0.6) is 11.5 Å². The van der Waals surface area contributed by atoms with Gasteiger partial charge in [0.25, 0.3) is 0 Å². The van der Waals surface area contributed by atoms with Crippen molar-refractivity contribution in [1.82, 2.24) is 0 Å². The van der Waals surface area contributed by atoms with E-state index in [1.54, 1.807) is 7.11 Å². The summed E-state index contributed by atoms with van der Waals surface area (Å²) in [6.45, 7) is 13.7.